The molecule has 0 amide bonds. The minimum absolute atomic E-state index is 0.169. The molecule has 0 aliphatic carbocycles. The number of likely N-dealkylation sites (tertiary alicyclic amines) is 1. The van der Waals surface area contributed by atoms with E-state index in [1.807, 2.05) is 31.2 Å². The summed E-state index contributed by atoms with van der Waals surface area (Å²) < 4.78 is 5.73. The third-order valence-electron chi connectivity index (χ3n) is 3.83. The van der Waals surface area contributed by atoms with E-state index in [9.17, 15) is 4.79 Å². The molecule has 20 heavy (non-hydrogen) atoms. The standard InChI is InChI=1S/C16H23NO3/c1-13-5-7-15(8-6-13)20-11-10-17-9-3-2-4-14(17)12-16(18)19/h5-8,14H,2-4,9-12H2,1H3,(H,18,19). The monoisotopic (exact) mass is 277 g/mol. The second-order valence-electron chi connectivity index (χ2n) is 5.44. The van der Waals surface area contributed by atoms with Crippen molar-refractivity contribution in [2.45, 2.75) is 38.6 Å². The fraction of sp³-hybridized carbons (Fsp3) is 0.562. The topological polar surface area (TPSA) is 49.8 Å². The molecular formula is C16H23NO3. The Morgan fingerprint density at radius 1 is 1.35 bits per heavy atom. The second kappa shape index (κ2) is 7.29. The molecule has 1 atom stereocenters. The van der Waals surface area contributed by atoms with Gasteiger partial charge in [-0.25, -0.2) is 0 Å². The third-order valence-corrected chi connectivity index (χ3v) is 3.83. The number of aliphatic carboxylic acids is 1. The van der Waals surface area contributed by atoms with Gasteiger partial charge in [-0.1, -0.05) is 24.1 Å². The fourth-order valence-corrected chi connectivity index (χ4v) is 2.70. The van der Waals surface area contributed by atoms with Crippen LogP contribution in [0, 0.1) is 6.92 Å². The molecule has 0 aromatic heterocycles. The Morgan fingerprint density at radius 2 is 2.10 bits per heavy atom. The van der Waals surface area contributed by atoms with Crippen molar-refractivity contribution < 1.29 is 14.6 Å². The first kappa shape index (κ1) is 14.9. The lowest BCUT2D eigenvalue weighted by Gasteiger charge is -2.34. The van der Waals surface area contributed by atoms with Crippen LogP contribution in [0.5, 0.6) is 5.75 Å². The van der Waals surface area contributed by atoms with Gasteiger partial charge in [-0.2, -0.15) is 0 Å². The average molecular weight is 277 g/mol. The molecule has 1 aliphatic heterocycles. The summed E-state index contributed by atoms with van der Waals surface area (Å²) >= 11 is 0. The van der Waals surface area contributed by atoms with Crippen LogP contribution in [0.1, 0.15) is 31.2 Å². The highest BCUT2D eigenvalue weighted by molar-refractivity contribution is 5.67. The zero-order valence-corrected chi connectivity index (χ0v) is 12.0. The summed E-state index contributed by atoms with van der Waals surface area (Å²) in [6, 6.07) is 8.18. The number of piperidine rings is 1. The van der Waals surface area contributed by atoms with Gasteiger partial charge in [0.2, 0.25) is 0 Å². The zero-order chi connectivity index (χ0) is 14.4. The molecule has 0 saturated carbocycles. The van der Waals surface area contributed by atoms with Gasteiger partial charge < -0.3 is 9.84 Å². The molecule has 1 fully saturated rings. The van der Waals surface area contributed by atoms with Gasteiger partial charge >= 0.3 is 5.97 Å². The van der Waals surface area contributed by atoms with Crippen LogP contribution in [0.4, 0.5) is 0 Å². The average Bonchev–Trinajstić information content (AvgIpc) is 2.42. The number of hydrogen-bond acceptors (Lipinski definition) is 3. The van der Waals surface area contributed by atoms with Crippen LogP contribution < -0.4 is 4.74 Å². The smallest absolute Gasteiger partial charge is 0.304 e. The number of ether oxygens (including phenoxy) is 1. The fourth-order valence-electron chi connectivity index (χ4n) is 2.70. The van der Waals surface area contributed by atoms with Gasteiger partial charge in [-0.3, -0.25) is 9.69 Å². The van der Waals surface area contributed by atoms with E-state index >= 15 is 0 Å². The molecule has 1 aromatic carbocycles. The Morgan fingerprint density at radius 3 is 2.80 bits per heavy atom. The first-order valence-corrected chi connectivity index (χ1v) is 7.30. The van der Waals surface area contributed by atoms with Gasteiger partial charge in [-0.15, -0.1) is 0 Å². The van der Waals surface area contributed by atoms with E-state index in [4.69, 9.17) is 9.84 Å². The Bertz CT molecular complexity index is 430. The quantitative estimate of drug-likeness (QED) is 0.868. The van der Waals surface area contributed by atoms with Crippen LogP contribution >= 0.6 is 0 Å². The lowest BCUT2D eigenvalue weighted by Crippen LogP contribution is -2.42. The van der Waals surface area contributed by atoms with Crippen LogP contribution in [-0.2, 0) is 4.79 Å². The summed E-state index contributed by atoms with van der Waals surface area (Å²) in [5.74, 6) is 0.170. The summed E-state index contributed by atoms with van der Waals surface area (Å²) in [6.07, 6.45) is 3.51. The number of hydrogen-bond donors (Lipinski definition) is 1. The van der Waals surface area contributed by atoms with Crippen LogP contribution in [0.15, 0.2) is 24.3 Å². The maximum atomic E-state index is 10.9. The highest BCUT2D eigenvalue weighted by Gasteiger charge is 2.24. The molecule has 1 saturated heterocycles. The number of aryl methyl sites for hydroxylation is 1. The number of carbonyl (C=O) groups is 1. The summed E-state index contributed by atoms with van der Waals surface area (Å²) in [4.78, 5) is 13.1. The van der Waals surface area contributed by atoms with Crippen molar-refractivity contribution in [3.05, 3.63) is 29.8 Å². The molecular weight excluding hydrogens is 254 g/mol. The Kier molecular flexibility index (Phi) is 5.41. The highest BCUT2D eigenvalue weighted by atomic mass is 16.5. The number of rotatable bonds is 6. The molecule has 4 heteroatoms. The summed E-state index contributed by atoms with van der Waals surface area (Å²) in [5, 5.41) is 8.95. The van der Waals surface area contributed by atoms with E-state index in [2.05, 4.69) is 4.90 Å². The molecule has 2 rings (SSSR count). The summed E-state index contributed by atoms with van der Waals surface area (Å²) in [5.41, 5.74) is 1.22. The molecule has 0 bridgehead atoms. The Hall–Kier alpha value is -1.55. The van der Waals surface area contributed by atoms with Crippen LogP contribution in [0.2, 0.25) is 0 Å². The largest absolute Gasteiger partial charge is 0.492 e. The summed E-state index contributed by atoms with van der Waals surface area (Å²) in [7, 11) is 0. The number of nitrogens with zero attached hydrogens (tertiary/aromatic N) is 1. The lowest BCUT2D eigenvalue weighted by atomic mass is 9.99. The van der Waals surface area contributed by atoms with Crippen LogP contribution in [-0.4, -0.2) is 41.7 Å². The van der Waals surface area contributed by atoms with Crippen molar-refractivity contribution in [1.29, 1.82) is 0 Å². The predicted molar refractivity (Wildman–Crippen MR) is 78.1 cm³/mol. The van der Waals surface area contributed by atoms with Crippen LogP contribution in [0.3, 0.4) is 0 Å². The molecule has 1 N–H and O–H groups in total. The Labute approximate surface area is 120 Å². The van der Waals surface area contributed by atoms with E-state index in [0.29, 0.717) is 6.61 Å². The second-order valence-corrected chi connectivity index (χ2v) is 5.44. The lowest BCUT2D eigenvalue weighted by molar-refractivity contribution is -0.138. The molecule has 4 nitrogen and oxygen atoms in total. The molecule has 1 heterocycles. The van der Waals surface area contributed by atoms with Crippen molar-refractivity contribution in [3.8, 4) is 5.75 Å². The van der Waals surface area contributed by atoms with E-state index in [1.54, 1.807) is 0 Å². The van der Waals surface area contributed by atoms with Crippen molar-refractivity contribution in [2.24, 2.45) is 0 Å². The van der Waals surface area contributed by atoms with Crippen LogP contribution in [0.25, 0.3) is 0 Å². The van der Waals surface area contributed by atoms with Gasteiger partial charge in [0.1, 0.15) is 12.4 Å². The highest BCUT2D eigenvalue weighted by Crippen LogP contribution is 2.19. The minimum atomic E-state index is -0.707. The number of carboxylic acids is 1. The molecule has 0 spiro atoms. The van der Waals surface area contributed by atoms with E-state index in [1.165, 1.54) is 5.56 Å². The SMILES string of the molecule is Cc1ccc(OCCN2CCCCC2CC(=O)O)cc1. The Balaban J connectivity index is 1.79. The van der Waals surface area contributed by atoms with E-state index < -0.39 is 5.97 Å². The van der Waals surface area contributed by atoms with Gasteiger partial charge in [-0.05, 0) is 38.4 Å². The third kappa shape index (κ3) is 4.53. The first-order chi connectivity index (χ1) is 9.65. The minimum Gasteiger partial charge on any atom is -0.492 e. The molecule has 110 valence electrons. The number of carboxylic acid groups (broad SMARTS) is 1. The maximum Gasteiger partial charge on any atom is 0.304 e. The first-order valence-electron chi connectivity index (χ1n) is 7.30. The van der Waals surface area contributed by atoms with Gasteiger partial charge in [0, 0.05) is 12.6 Å². The van der Waals surface area contributed by atoms with Crippen molar-refractivity contribution in [2.75, 3.05) is 19.7 Å². The van der Waals surface area contributed by atoms with Crippen molar-refractivity contribution in [1.82, 2.24) is 4.90 Å². The van der Waals surface area contributed by atoms with Crippen molar-refractivity contribution >= 4 is 5.97 Å². The molecule has 1 aromatic rings. The van der Waals surface area contributed by atoms with Crippen molar-refractivity contribution in [3.63, 3.8) is 0 Å². The normalized spacial score (nSPS) is 19.8. The van der Waals surface area contributed by atoms with Gasteiger partial charge in [0.25, 0.3) is 0 Å². The molecule has 1 unspecified atom stereocenters. The zero-order valence-electron chi connectivity index (χ0n) is 12.0. The molecule has 1 aliphatic rings. The maximum absolute atomic E-state index is 10.9. The van der Waals surface area contributed by atoms with Gasteiger partial charge in [0.15, 0.2) is 0 Å². The van der Waals surface area contributed by atoms with Gasteiger partial charge in [0.05, 0.1) is 6.42 Å². The van der Waals surface area contributed by atoms with E-state index in [-0.39, 0.29) is 12.5 Å². The van der Waals surface area contributed by atoms with E-state index in [0.717, 1.165) is 38.1 Å². The number of benzene rings is 1. The summed E-state index contributed by atoms with van der Waals surface area (Å²) in [6.45, 7) is 4.44. The predicted octanol–water partition coefficient (Wildman–Crippen LogP) is 2.70. The molecule has 0 radical (unpaired) electrons.